The number of halogens is 1. The fraction of sp³-hybridized carbons (Fsp3) is 0.333. The first-order valence-corrected chi connectivity index (χ1v) is 7.31. The zero-order chi connectivity index (χ0) is 13.9. The Morgan fingerprint density at radius 2 is 2.40 bits per heavy atom. The summed E-state index contributed by atoms with van der Waals surface area (Å²) in [6.45, 7) is 1.34. The molecule has 8 heteroatoms. The van der Waals surface area contributed by atoms with E-state index in [-0.39, 0.29) is 12.1 Å². The minimum atomic E-state index is -0.371. The van der Waals surface area contributed by atoms with Gasteiger partial charge in [-0.2, -0.15) is 0 Å². The first-order chi connectivity index (χ1) is 9.72. The van der Waals surface area contributed by atoms with Crippen LogP contribution < -0.4 is 4.90 Å². The molecule has 1 saturated heterocycles. The van der Waals surface area contributed by atoms with Crippen molar-refractivity contribution in [1.82, 2.24) is 15.0 Å². The Kier molecular flexibility index (Phi) is 3.79. The number of carbonyl (C=O) groups excluding carboxylic acids is 1. The molecule has 1 aliphatic heterocycles. The monoisotopic (exact) mass is 310 g/mol. The van der Waals surface area contributed by atoms with Crippen LogP contribution in [0.1, 0.15) is 16.2 Å². The molecule has 0 N–H and O–H groups in total. The van der Waals surface area contributed by atoms with Gasteiger partial charge in [-0.05, 0) is 0 Å². The van der Waals surface area contributed by atoms with E-state index in [0.717, 1.165) is 13.0 Å². The number of thiazole rings is 1. The van der Waals surface area contributed by atoms with Crippen LogP contribution in [0.3, 0.4) is 0 Å². The largest absolute Gasteiger partial charge is 0.455 e. The molecule has 0 aromatic carbocycles. The van der Waals surface area contributed by atoms with Gasteiger partial charge >= 0.3 is 5.97 Å². The molecule has 3 rings (SSSR count). The lowest BCUT2D eigenvalue weighted by Gasteiger charge is -2.16. The summed E-state index contributed by atoms with van der Waals surface area (Å²) in [6.07, 6.45) is 5.32. The molecule has 2 aromatic rings. The Balaban J connectivity index is 1.61. The zero-order valence-electron chi connectivity index (χ0n) is 10.4. The standard InChI is InChI=1S/C12H11ClN4O2S/c13-9-5-14-6-10(16-9)17-3-1-8(7-17)19-12(18)11-15-2-4-20-11/h2,4-6,8H,1,3,7H2/t8-/m0/s1. The van der Waals surface area contributed by atoms with Gasteiger partial charge in [-0.25, -0.2) is 14.8 Å². The number of rotatable bonds is 3. The van der Waals surface area contributed by atoms with E-state index >= 15 is 0 Å². The van der Waals surface area contributed by atoms with Crippen LogP contribution in [0.15, 0.2) is 24.0 Å². The summed E-state index contributed by atoms with van der Waals surface area (Å²) in [5.74, 6) is 0.328. The highest BCUT2D eigenvalue weighted by molar-refractivity contribution is 7.11. The van der Waals surface area contributed by atoms with Gasteiger partial charge in [-0.15, -0.1) is 11.3 Å². The fourth-order valence-electron chi connectivity index (χ4n) is 2.04. The van der Waals surface area contributed by atoms with Crippen LogP contribution in [0.2, 0.25) is 5.15 Å². The van der Waals surface area contributed by atoms with Crippen molar-refractivity contribution >= 4 is 34.7 Å². The van der Waals surface area contributed by atoms with Gasteiger partial charge in [0.15, 0.2) is 0 Å². The Hall–Kier alpha value is -1.73. The zero-order valence-corrected chi connectivity index (χ0v) is 12.0. The van der Waals surface area contributed by atoms with Crippen molar-refractivity contribution < 1.29 is 9.53 Å². The van der Waals surface area contributed by atoms with Crippen molar-refractivity contribution in [2.45, 2.75) is 12.5 Å². The molecule has 0 spiro atoms. The first kappa shape index (κ1) is 13.3. The Bertz CT molecular complexity index is 607. The minimum absolute atomic E-state index is 0.160. The van der Waals surface area contributed by atoms with Gasteiger partial charge in [0, 0.05) is 24.5 Å². The van der Waals surface area contributed by atoms with Crippen LogP contribution >= 0.6 is 22.9 Å². The van der Waals surface area contributed by atoms with E-state index in [0.29, 0.717) is 22.5 Å². The molecule has 0 radical (unpaired) electrons. The molecule has 20 heavy (non-hydrogen) atoms. The smallest absolute Gasteiger partial charge is 0.367 e. The quantitative estimate of drug-likeness (QED) is 0.808. The highest BCUT2D eigenvalue weighted by Gasteiger charge is 2.27. The molecule has 0 aliphatic carbocycles. The van der Waals surface area contributed by atoms with E-state index in [1.165, 1.54) is 17.5 Å². The van der Waals surface area contributed by atoms with E-state index in [9.17, 15) is 4.79 Å². The van der Waals surface area contributed by atoms with E-state index < -0.39 is 0 Å². The van der Waals surface area contributed by atoms with Crippen LogP contribution in [0.5, 0.6) is 0 Å². The lowest BCUT2D eigenvalue weighted by atomic mass is 10.3. The van der Waals surface area contributed by atoms with Crippen molar-refractivity contribution in [2.24, 2.45) is 0 Å². The summed E-state index contributed by atoms with van der Waals surface area (Å²) in [7, 11) is 0. The molecule has 0 unspecified atom stereocenters. The SMILES string of the molecule is O=C(O[C@H]1CCN(c2cncc(Cl)n2)C1)c1nccs1. The number of esters is 1. The summed E-state index contributed by atoms with van der Waals surface area (Å²) in [5, 5.41) is 2.48. The first-order valence-electron chi connectivity index (χ1n) is 6.05. The van der Waals surface area contributed by atoms with Gasteiger partial charge < -0.3 is 9.64 Å². The predicted molar refractivity (Wildman–Crippen MR) is 75.2 cm³/mol. The fourth-order valence-corrected chi connectivity index (χ4v) is 2.70. The normalized spacial score (nSPS) is 18.2. The number of hydrogen-bond donors (Lipinski definition) is 0. The number of aromatic nitrogens is 3. The van der Waals surface area contributed by atoms with Gasteiger partial charge in [-0.3, -0.25) is 4.98 Å². The lowest BCUT2D eigenvalue weighted by Crippen LogP contribution is -2.25. The molecule has 0 bridgehead atoms. The number of carbonyl (C=O) groups is 1. The van der Waals surface area contributed by atoms with Gasteiger partial charge in [0.05, 0.1) is 18.9 Å². The van der Waals surface area contributed by atoms with Gasteiger partial charge in [0.1, 0.15) is 17.1 Å². The third-order valence-corrected chi connectivity index (χ3v) is 3.88. The molecule has 6 nitrogen and oxygen atoms in total. The number of hydrogen-bond acceptors (Lipinski definition) is 7. The topological polar surface area (TPSA) is 68.2 Å². The number of anilines is 1. The van der Waals surface area contributed by atoms with Crippen LogP contribution in [-0.4, -0.2) is 40.1 Å². The predicted octanol–water partition coefficient (Wildman–Crippen LogP) is 2.02. The maximum absolute atomic E-state index is 11.8. The third-order valence-electron chi connectivity index (χ3n) is 2.94. The molecule has 0 saturated carbocycles. The summed E-state index contributed by atoms with van der Waals surface area (Å²) in [4.78, 5) is 26.0. The second-order valence-corrected chi connectivity index (χ2v) is 5.58. The molecule has 0 amide bonds. The molecule has 3 heterocycles. The Labute approximate surface area is 124 Å². The number of nitrogens with zero attached hydrogens (tertiary/aromatic N) is 4. The number of ether oxygens (including phenoxy) is 1. The molecular formula is C12H11ClN4O2S. The van der Waals surface area contributed by atoms with E-state index in [1.54, 1.807) is 17.8 Å². The summed E-state index contributed by atoms with van der Waals surface area (Å²) >= 11 is 7.09. The second-order valence-electron chi connectivity index (χ2n) is 4.30. The van der Waals surface area contributed by atoms with Crippen molar-refractivity contribution in [3.8, 4) is 0 Å². The van der Waals surface area contributed by atoms with Gasteiger partial charge in [0.2, 0.25) is 5.01 Å². The minimum Gasteiger partial charge on any atom is -0.455 e. The van der Waals surface area contributed by atoms with E-state index in [1.807, 2.05) is 4.90 Å². The summed E-state index contributed by atoms with van der Waals surface area (Å²) < 4.78 is 5.42. The molecular weight excluding hydrogens is 300 g/mol. The van der Waals surface area contributed by atoms with Crippen molar-refractivity contribution in [2.75, 3.05) is 18.0 Å². The summed E-state index contributed by atoms with van der Waals surface area (Å²) in [6, 6.07) is 0. The molecule has 1 atom stereocenters. The van der Waals surface area contributed by atoms with Gasteiger partial charge in [-0.1, -0.05) is 11.6 Å². The molecule has 104 valence electrons. The Morgan fingerprint density at radius 1 is 1.50 bits per heavy atom. The maximum Gasteiger partial charge on any atom is 0.367 e. The van der Waals surface area contributed by atoms with Gasteiger partial charge in [0.25, 0.3) is 0 Å². The maximum atomic E-state index is 11.8. The Morgan fingerprint density at radius 3 is 3.15 bits per heavy atom. The average molecular weight is 311 g/mol. The van der Waals surface area contributed by atoms with Crippen LogP contribution in [0, 0.1) is 0 Å². The highest BCUT2D eigenvalue weighted by Crippen LogP contribution is 2.21. The van der Waals surface area contributed by atoms with E-state index in [4.69, 9.17) is 16.3 Å². The molecule has 1 fully saturated rings. The average Bonchev–Trinajstić information content (AvgIpc) is 3.10. The summed E-state index contributed by atoms with van der Waals surface area (Å²) in [5.41, 5.74) is 0. The third kappa shape index (κ3) is 2.88. The molecule has 1 aliphatic rings. The van der Waals surface area contributed by atoms with Crippen molar-refractivity contribution in [1.29, 1.82) is 0 Å². The highest BCUT2D eigenvalue weighted by atomic mass is 35.5. The van der Waals surface area contributed by atoms with Crippen molar-refractivity contribution in [3.63, 3.8) is 0 Å². The van der Waals surface area contributed by atoms with Crippen LogP contribution in [0.25, 0.3) is 0 Å². The van der Waals surface area contributed by atoms with Crippen molar-refractivity contribution in [3.05, 3.63) is 34.1 Å². The lowest BCUT2D eigenvalue weighted by molar-refractivity contribution is 0.0347. The van der Waals surface area contributed by atoms with Crippen LogP contribution in [0.4, 0.5) is 5.82 Å². The van der Waals surface area contributed by atoms with E-state index in [2.05, 4.69) is 15.0 Å². The molecule has 2 aromatic heterocycles. The second kappa shape index (κ2) is 5.72. The van der Waals surface area contributed by atoms with Crippen LogP contribution in [-0.2, 0) is 4.74 Å².